The maximum atomic E-state index is 14.6. The SMILES string of the molecule is CCOc1ccc(N(CC(=O)N(Cc2cccc(Cl)c2)C(Cc2ccccc2)C(=O)NC(C)(C)C)S(=O)(=O)c2ccc(SC)cc2)cc1. The number of benzene rings is 4. The zero-order valence-electron chi connectivity index (χ0n) is 27.9. The highest BCUT2D eigenvalue weighted by molar-refractivity contribution is 7.98. The van der Waals surface area contributed by atoms with E-state index in [0.717, 1.165) is 14.8 Å². The lowest BCUT2D eigenvalue weighted by molar-refractivity contribution is -0.140. The summed E-state index contributed by atoms with van der Waals surface area (Å²) in [6.07, 6.45) is 2.12. The second-order valence-electron chi connectivity index (χ2n) is 12.2. The number of anilines is 1. The molecule has 1 unspecified atom stereocenters. The van der Waals surface area contributed by atoms with E-state index in [-0.39, 0.29) is 29.5 Å². The van der Waals surface area contributed by atoms with Crippen molar-refractivity contribution in [3.8, 4) is 5.75 Å². The van der Waals surface area contributed by atoms with E-state index in [1.165, 1.54) is 28.8 Å². The van der Waals surface area contributed by atoms with Crippen LogP contribution in [0.15, 0.2) is 113 Å². The van der Waals surface area contributed by atoms with Gasteiger partial charge >= 0.3 is 0 Å². The van der Waals surface area contributed by atoms with Gasteiger partial charge in [-0.3, -0.25) is 13.9 Å². The molecule has 0 saturated carbocycles. The van der Waals surface area contributed by atoms with Crippen LogP contribution in [0.3, 0.4) is 0 Å². The van der Waals surface area contributed by atoms with Crippen LogP contribution in [0.2, 0.25) is 5.02 Å². The first-order valence-corrected chi connectivity index (χ1v) is 18.6. The third kappa shape index (κ3) is 10.0. The fourth-order valence-corrected chi connectivity index (χ4v) is 7.15. The summed E-state index contributed by atoms with van der Waals surface area (Å²) < 4.78 is 35.3. The first kappa shape index (κ1) is 36.8. The molecule has 2 amide bonds. The number of amides is 2. The second-order valence-corrected chi connectivity index (χ2v) is 15.4. The van der Waals surface area contributed by atoms with Crippen molar-refractivity contribution in [2.24, 2.45) is 0 Å². The molecule has 0 fully saturated rings. The van der Waals surface area contributed by atoms with Crippen LogP contribution < -0.4 is 14.4 Å². The molecule has 0 aliphatic heterocycles. The Labute approximate surface area is 293 Å². The van der Waals surface area contributed by atoms with Crippen molar-refractivity contribution >= 4 is 50.9 Å². The standard InChI is InChI=1S/C37H42ClN3O5S2/c1-6-46-31-17-15-30(16-18-31)41(48(44,45)33-21-19-32(47-5)20-22-33)26-35(42)40(25-28-13-10-14-29(38)23-28)34(36(43)39-37(2,3)4)24-27-11-8-7-9-12-27/h7-23,34H,6,24-26H2,1-5H3,(H,39,43). The van der Waals surface area contributed by atoms with Crippen LogP contribution >= 0.6 is 23.4 Å². The maximum absolute atomic E-state index is 14.6. The minimum Gasteiger partial charge on any atom is -0.494 e. The van der Waals surface area contributed by atoms with Gasteiger partial charge in [0.1, 0.15) is 18.3 Å². The predicted molar refractivity (Wildman–Crippen MR) is 194 cm³/mol. The van der Waals surface area contributed by atoms with E-state index >= 15 is 0 Å². The number of rotatable bonds is 14. The van der Waals surface area contributed by atoms with E-state index in [1.807, 2.05) is 70.3 Å². The van der Waals surface area contributed by atoms with E-state index in [0.29, 0.717) is 22.9 Å². The fraction of sp³-hybridized carbons (Fsp3) is 0.297. The van der Waals surface area contributed by atoms with Crippen molar-refractivity contribution in [2.75, 3.05) is 23.7 Å². The largest absolute Gasteiger partial charge is 0.494 e. The highest BCUT2D eigenvalue weighted by atomic mass is 35.5. The lowest BCUT2D eigenvalue weighted by Gasteiger charge is -2.35. The maximum Gasteiger partial charge on any atom is 0.264 e. The minimum absolute atomic E-state index is 0.0219. The van der Waals surface area contributed by atoms with Crippen molar-refractivity contribution in [3.05, 3.63) is 119 Å². The Bertz CT molecular complexity index is 1780. The number of hydrogen-bond acceptors (Lipinski definition) is 6. The number of nitrogens with zero attached hydrogens (tertiary/aromatic N) is 2. The fourth-order valence-electron chi connectivity index (χ4n) is 5.12. The quantitative estimate of drug-likeness (QED) is 0.139. The Balaban J connectivity index is 1.82. The molecule has 0 heterocycles. The van der Waals surface area contributed by atoms with Gasteiger partial charge in [0.2, 0.25) is 11.8 Å². The van der Waals surface area contributed by atoms with E-state index in [4.69, 9.17) is 16.3 Å². The molecule has 0 spiro atoms. The summed E-state index contributed by atoms with van der Waals surface area (Å²) in [5, 5.41) is 3.51. The van der Waals surface area contributed by atoms with Gasteiger partial charge in [-0.2, -0.15) is 0 Å². The highest BCUT2D eigenvalue weighted by Crippen LogP contribution is 2.28. The molecule has 48 heavy (non-hydrogen) atoms. The molecule has 0 aliphatic rings. The molecular weight excluding hydrogens is 666 g/mol. The van der Waals surface area contributed by atoms with Crippen LogP contribution in [0.4, 0.5) is 5.69 Å². The van der Waals surface area contributed by atoms with Crippen LogP contribution in [0.1, 0.15) is 38.8 Å². The molecule has 8 nitrogen and oxygen atoms in total. The lowest BCUT2D eigenvalue weighted by atomic mass is 10.0. The Kier molecular flexibility index (Phi) is 12.6. The van der Waals surface area contributed by atoms with Crippen LogP contribution in [-0.4, -0.2) is 56.1 Å². The van der Waals surface area contributed by atoms with E-state index in [2.05, 4.69) is 5.32 Å². The molecule has 1 atom stereocenters. The summed E-state index contributed by atoms with van der Waals surface area (Å²) in [7, 11) is -4.23. The third-order valence-corrected chi connectivity index (χ3v) is 10.1. The molecule has 0 aromatic heterocycles. The van der Waals surface area contributed by atoms with Gasteiger partial charge in [0, 0.05) is 28.4 Å². The average molecular weight is 708 g/mol. The smallest absolute Gasteiger partial charge is 0.264 e. The molecule has 1 N–H and O–H groups in total. The van der Waals surface area contributed by atoms with Gasteiger partial charge in [-0.1, -0.05) is 54.1 Å². The van der Waals surface area contributed by atoms with Crippen LogP contribution in [0.25, 0.3) is 0 Å². The van der Waals surface area contributed by atoms with Gasteiger partial charge in [-0.05, 0) is 106 Å². The number of sulfonamides is 1. The topological polar surface area (TPSA) is 96.0 Å². The van der Waals surface area contributed by atoms with Gasteiger partial charge in [-0.25, -0.2) is 8.42 Å². The summed E-state index contributed by atoms with van der Waals surface area (Å²) in [5.74, 6) is -0.346. The Hall–Kier alpha value is -3.99. The summed E-state index contributed by atoms with van der Waals surface area (Å²) in [4.78, 5) is 31.1. The van der Waals surface area contributed by atoms with E-state index < -0.39 is 34.1 Å². The number of carbonyl (C=O) groups is 2. The predicted octanol–water partition coefficient (Wildman–Crippen LogP) is 7.21. The lowest BCUT2D eigenvalue weighted by Crippen LogP contribution is -2.56. The molecule has 4 aromatic carbocycles. The Morgan fingerprint density at radius 1 is 0.896 bits per heavy atom. The van der Waals surface area contributed by atoms with Gasteiger partial charge in [-0.15, -0.1) is 11.8 Å². The third-order valence-electron chi connectivity index (χ3n) is 7.37. The Morgan fingerprint density at radius 3 is 2.12 bits per heavy atom. The van der Waals surface area contributed by atoms with Gasteiger partial charge < -0.3 is 15.0 Å². The summed E-state index contributed by atoms with van der Waals surface area (Å²) in [5.41, 5.74) is 1.24. The van der Waals surface area contributed by atoms with Crippen LogP contribution in [-0.2, 0) is 32.6 Å². The van der Waals surface area contributed by atoms with Gasteiger partial charge in [0.25, 0.3) is 10.0 Å². The monoisotopic (exact) mass is 707 g/mol. The second kappa shape index (κ2) is 16.4. The molecular formula is C37H42ClN3O5S2. The number of carbonyl (C=O) groups excluding carboxylic acids is 2. The highest BCUT2D eigenvalue weighted by Gasteiger charge is 2.35. The zero-order chi connectivity index (χ0) is 34.9. The summed E-state index contributed by atoms with van der Waals surface area (Å²) >= 11 is 7.83. The normalized spacial score (nSPS) is 12.2. The van der Waals surface area contributed by atoms with Crippen molar-refractivity contribution in [1.82, 2.24) is 10.2 Å². The van der Waals surface area contributed by atoms with Crippen molar-refractivity contribution in [1.29, 1.82) is 0 Å². The number of hydrogen-bond donors (Lipinski definition) is 1. The van der Waals surface area contributed by atoms with Crippen molar-refractivity contribution in [3.63, 3.8) is 0 Å². The van der Waals surface area contributed by atoms with E-state index in [9.17, 15) is 18.0 Å². The van der Waals surface area contributed by atoms with Crippen molar-refractivity contribution in [2.45, 2.75) is 62.0 Å². The molecule has 11 heteroatoms. The molecule has 0 saturated heterocycles. The number of thioether (sulfide) groups is 1. The van der Waals surface area contributed by atoms with Gasteiger partial charge in [0.15, 0.2) is 0 Å². The van der Waals surface area contributed by atoms with Crippen molar-refractivity contribution < 1.29 is 22.7 Å². The molecule has 4 aromatic rings. The number of ether oxygens (including phenoxy) is 1. The molecule has 0 radical (unpaired) electrons. The van der Waals surface area contributed by atoms with Crippen LogP contribution in [0.5, 0.6) is 5.75 Å². The van der Waals surface area contributed by atoms with Crippen LogP contribution in [0, 0.1) is 0 Å². The summed E-state index contributed by atoms with van der Waals surface area (Å²) in [6.45, 7) is 7.38. The number of halogens is 1. The minimum atomic E-state index is -4.23. The molecule has 4 rings (SSSR count). The molecule has 0 bridgehead atoms. The summed E-state index contributed by atoms with van der Waals surface area (Å²) in [6, 6.07) is 28.6. The number of nitrogens with one attached hydrogen (secondary N) is 1. The first-order chi connectivity index (χ1) is 22.8. The molecule has 0 aliphatic carbocycles. The molecule has 254 valence electrons. The first-order valence-electron chi connectivity index (χ1n) is 15.6. The van der Waals surface area contributed by atoms with E-state index in [1.54, 1.807) is 54.6 Å². The Morgan fingerprint density at radius 2 is 1.54 bits per heavy atom. The van der Waals surface area contributed by atoms with Gasteiger partial charge in [0.05, 0.1) is 17.2 Å². The average Bonchev–Trinajstić information content (AvgIpc) is 3.05. The zero-order valence-corrected chi connectivity index (χ0v) is 30.2.